The van der Waals surface area contributed by atoms with E-state index < -0.39 is 34.6 Å². The summed E-state index contributed by atoms with van der Waals surface area (Å²) in [4.78, 5) is 2.40. The zero-order chi connectivity index (χ0) is 18.7. The lowest BCUT2D eigenvalue weighted by Crippen LogP contribution is -2.09. The molecule has 0 atom stereocenters. The number of nitrogens with one attached hydrogen (secondary N) is 1. The van der Waals surface area contributed by atoms with Gasteiger partial charge in [0.25, 0.3) is 0 Å². The van der Waals surface area contributed by atoms with Crippen molar-refractivity contribution in [2.45, 2.75) is 0 Å². The van der Waals surface area contributed by atoms with Crippen molar-refractivity contribution in [2.75, 3.05) is 0 Å². The number of benzene rings is 1. The second kappa shape index (κ2) is 7.27. The Morgan fingerprint density at radius 2 is 1.60 bits per heavy atom. The smallest absolute Gasteiger partial charge is 0.200 e. The number of hydrogen-bond acceptors (Lipinski definition) is 2. The van der Waals surface area contributed by atoms with Gasteiger partial charge in [-0.25, -0.2) is 22.0 Å². The van der Waals surface area contributed by atoms with E-state index >= 15 is 0 Å². The standard InChI is InChI=1S/C16H8F5N3S/c17-11-10(12(18)14(20)15(21)13(11)19)9-5-4-8(24-9)3-1-2-7(6-22)16(23)25/h1-5,24H,(H2,23,25)/b3-1+,7-2-. The third-order valence-electron chi connectivity index (χ3n) is 3.11. The fourth-order valence-electron chi connectivity index (χ4n) is 1.92. The number of H-pyrrole nitrogens is 1. The number of thiocarbonyl (C=S) groups is 1. The number of allylic oxidation sites excluding steroid dienone is 2. The Bertz CT molecular complexity index is 924. The summed E-state index contributed by atoms with van der Waals surface area (Å²) in [6.45, 7) is 0. The molecule has 0 bridgehead atoms. The van der Waals surface area contributed by atoms with Crippen LogP contribution in [0.5, 0.6) is 0 Å². The Balaban J connectivity index is 2.41. The molecule has 2 rings (SSSR count). The molecule has 0 spiro atoms. The van der Waals surface area contributed by atoms with Gasteiger partial charge in [-0.05, 0) is 24.3 Å². The highest BCUT2D eigenvalue weighted by Crippen LogP contribution is 2.31. The van der Waals surface area contributed by atoms with Gasteiger partial charge in [-0.15, -0.1) is 0 Å². The molecule has 128 valence electrons. The third kappa shape index (κ3) is 3.59. The number of nitriles is 1. The van der Waals surface area contributed by atoms with Crippen LogP contribution in [0, 0.1) is 40.4 Å². The number of nitrogens with zero attached hydrogens (tertiary/aromatic N) is 1. The molecule has 0 radical (unpaired) electrons. The minimum absolute atomic E-state index is 0.0396. The highest BCUT2D eigenvalue weighted by molar-refractivity contribution is 7.80. The fourth-order valence-corrected chi connectivity index (χ4v) is 2.03. The third-order valence-corrected chi connectivity index (χ3v) is 3.33. The van der Waals surface area contributed by atoms with E-state index in [1.165, 1.54) is 24.3 Å². The van der Waals surface area contributed by atoms with Gasteiger partial charge in [-0.1, -0.05) is 18.3 Å². The molecule has 25 heavy (non-hydrogen) atoms. The van der Waals surface area contributed by atoms with Crippen molar-refractivity contribution in [2.24, 2.45) is 5.73 Å². The molecule has 9 heteroatoms. The van der Waals surface area contributed by atoms with Gasteiger partial charge in [0.2, 0.25) is 5.82 Å². The SMILES string of the molecule is N#C/C(=C/C=C/c1ccc(-c2c(F)c(F)c(F)c(F)c2F)[nH]1)C(N)=S. The molecule has 0 aliphatic carbocycles. The summed E-state index contributed by atoms with van der Waals surface area (Å²) in [5.74, 6) is -10.2. The molecule has 0 aliphatic rings. The van der Waals surface area contributed by atoms with Crippen LogP contribution in [0.3, 0.4) is 0 Å². The van der Waals surface area contributed by atoms with E-state index in [0.717, 1.165) is 6.07 Å². The van der Waals surface area contributed by atoms with Gasteiger partial charge in [-0.3, -0.25) is 0 Å². The molecule has 0 fully saturated rings. The van der Waals surface area contributed by atoms with E-state index in [9.17, 15) is 22.0 Å². The summed E-state index contributed by atoms with van der Waals surface area (Å²) in [6, 6.07) is 4.27. The monoisotopic (exact) mass is 369 g/mol. The van der Waals surface area contributed by atoms with Gasteiger partial charge in [0.1, 0.15) is 11.1 Å². The zero-order valence-electron chi connectivity index (χ0n) is 12.2. The molecule has 0 saturated carbocycles. The minimum atomic E-state index is -2.22. The maximum Gasteiger partial charge on any atom is 0.200 e. The summed E-state index contributed by atoms with van der Waals surface area (Å²) in [6.07, 6.45) is 4.08. The van der Waals surface area contributed by atoms with E-state index in [2.05, 4.69) is 17.2 Å². The molecule has 3 N–H and O–H groups in total. The highest BCUT2D eigenvalue weighted by Gasteiger charge is 2.27. The fraction of sp³-hybridized carbons (Fsp3) is 0. The van der Waals surface area contributed by atoms with Crippen LogP contribution >= 0.6 is 12.2 Å². The average molecular weight is 369 g/mol. The lowest BCUT2D eigenvalue weighted by molar-refractivity contribution is 0.381. The number of aromatic nitrogens is 1. The first-order chi connectivity index (χ1) is 11.8. The van der Waals surface area contributed by atoms with Gasteiger partial charge in [-0.2, -0.15) is 5.26 Å². The first kappa shape index (κ1) is 18.4. The molecule has 1 heterocycles. The van der Waals surface area contributed by atoms with Gasteiger partial charge in [0.15, 0.2) is 23.3 Å². The zero-order valence-corrected chi connectivity index (χ0v) is 13.0. The molecule has 0 amide bonds. The Labute approximate surface area is 143 Å². The van der Waals surface area contributed by atoms with E-state index in [-0.39, 0.29) is 21.9 Å². The first-order valence-electron chi connectivity index (χ1n) is 6.57. The Morgan fingerprint density at radius 1 is 1.04 bits per heavy atom. The quantitative estimate of drug-likeness (QED) is 0.162. The molecular formula is C16H8F5N3S. The van der Waals surface area contributed by atoms with Crippen LogP contribution in [0.4, 0.5) is 22.0 Å². The van der Waals surface area contributed by atoms with Crippen molar-refractivity contribution in [1.29, 1.82) is 5.26 Å². The summed E-state index contributed by atoms with van der Waals surface area (Å²) >= 11 is 4.64. The van der Waals surface area contributed by atoms with Crippen LogP contribution in [0.2, 0.25) is 0 Å². The predicted molar refractivity (Wildman–Crippen MR) is 85.5 cm³/mol. The summed E-state index contributed by atoms with van der Waals surface area (Å²) in [7, 11) is 0. The van der Waals surface area contributed by atoms with Crippen LogP contribution in [-0.2, 0) is 0 Å². The Hall–Kier alpha value is -2.99. The lowest BCUT2D eigenvalue weighted by Gasteiger charge is -2.06. The number of nitrogens with two attached hydrogens (primary N) is 1. The van der Waals surface area contributed by atoms with Gasteiger partial charge in [0, 0.05) is 5.69 Å². The van der Waals surface area contributed by atoms with Crippen molar-refractivity contribution >= 4 is 23.3 Å². The van der Waals surface area contributed by atoms with Crippen molar-refractivity contribution in [1.82, 2.24) is 4.98 Å². The number of hydrogen-bond donors (Lipinski definition) is 2. The summed E-state index contributed by atoms with van der Waals surface area (Å²) < 4.78 is 67.1. The molecular weight excluding hydrogens is 361 g/mol. The molecule has 1 aromatic carbocycles. The van der Waals surface area contributed by atoms with Crippen molar-refractivity contribution < 1.29 is 22.0 Å². The first-order valence-corrected chi connectivity index (χ1v) is 6.97. The van der Waals surface area contributed by atoms with Gasteiger partial charge < -0.3 is 10.7 Å². The van der Waals surface area contributed by atoms with Crippen LogP contribution in [0.1, 0.15) is 5.69 Å². The van der Waals surface area contributed by atoms with E-state index in [1.807, 2.05) is 0 Å². The number of aromatic amines is 1. The molecule has 0 saturated heterocycles. The van der Waals surface area contributed by atoms with Crippen LogP contribution in [0.15, 0.2) is 29.9 Å². The minimum Gasteiger partial charge on any atom is -0.389 e. The molecule has 0 unspecified atom stereocenters. The molecule has 3 nitrogen and oxygen atoms in total. The van der Waals surface area contributed by atoms with Crippen LogP contribution in [-0.4, -0.2) is 9.97 Å². The Kier molecular flexibility index (Phi) is 5.34. The molecule has 1 aromatic heterocycles. The lowest BCUT2D eigenvalue weighted by atomic mass is 10.1. The normalized spacial score (nSPS) is 11.8. The van der Waals surface area contributed by atoms with Crippen LogP contribution < -0.4 is 5.73 Å². The van der Waals surface area contributed by atoms with Gasteiger partial charge >= 0.3 is 0 Å². The van der Waals surface area contributed by atoms with Crippen molar-refractivity contribution in [3.8, 4) is 17.3 Å². The summed E-state index contributed by atoms with van der Waals surface area (Å²) in [5, 5.41) is 8.77. The van der Waals surface area contributed by atoms with Crippen molar-refractivity contribution in [3.63, 3.8) is 0 Å². The second-order valence-corrected chi connectivity index (χ2v) is 5.13. The Morgan fingerprint density at radius 3 is 2.12 bits per heavy atom. The van der Waals surface area contributed by atoms with E-state index in [0.29, 0.717) is 0 Å². The molecule has 2 aromatic rings. The van der Waals surface area contributed by atoms with Crippen molar-refractivity contribution in [3.05, 3.63) is 64.6 Å². The largest absolute Gasteiger partial charge is 0.389 e. The highest BCUT2D eigenvalue weighted by atomic mass is 32.1. The number of halogens is 5. The predicted octanol–water partition coefficient (Wildman–Crippen LogP) is 4.13. The number of rotatable bonds is 4. The molecule has 0 aliphatic heterocycles. The van der Waals surface area contributed by atoms with E-state index in [4.69, 9.17) is 11.0 Å². The summed E-state index contributed by atoms with van der Waals surface area (Å²) in [5.41, 5.74) is 4.26. The topological polar surface area (TPSA) is 65.6 Å². The van der Waals surface area contributed by atoms with Crippen LogP contribution in [0.25, 0.3) is 17.3 Å². The average Bonchev–Trinajstić information content (AvgIpc) is 3.03. The maximum atomic E-state index is 13.8. The van der Waals surface area contributed by atoms with E-state index in [1.54, 1.807) is 6.07 Å². The van der Waals surface area contributed by atoms with Gasteiger partial charge in [0.05, 0.1) is 16.8 Å². The second-order valence-electron chi connectivity index (χ2n) is 4.69. The maximum absolute atomic E-state index is 13.8.